The monoisotopic (exact) mass is 528 g/mol. The second kappa shape index (κ2) is 11.1. The Morgan fingerprint density at radius 1 is 1.29 bits per heavy atom. The molecule has 0 saturated carbocycles. The van der Waals surface area contributed by atoms with E-state index in [2.05, 4.69) is 43.4 Å². The highest BCUT2D eigenvalue weighted by molar-refractivity contribution is 7.91. The third kappa shape index (κ3) is 7.02. The Morgan fingerprint density at radius 2 is 1.91 bits per heavy atom. The Labute approximate surface area is 210 Å². The van der Waals surface area contributed by atoms with Gasteiger partial charge in [-0.05, 0) is 68.2 Å². The fourth-order valence-electron chi connectivity index (χ4n) is 4.52. The summed E-state index contributed by atoms with van der Waals surface area (Å²) in [7, 11) is -2.42. The molecule has 10 heteroatoms. The van der Waals surface area contributed by atoms with E-state index in [9.17, 15) is 18.3 Å². The maximum absolute atomic E-state index is 12.9. The summed E-state index contributed by atoms with van der Waals surface area (Å²) in [5.41, 5.74) is 3.12. The van der Waals surface area contributed by atoms with E-state index in [0.29, 0.717) is 11.5 Å². The number of hydrogen-bond donors (Lipinski definition) is 3. The lowest BCUT2D eigenvalue weighted by Gasteiger charge is -2.31. The second-order valence-electron chi connectivity index (χ2n) is 9.71. The maximum Gasteiger partial charge on any atom is 0.303 e. The highest BCUT2D eigenvalue weighted by Crippen LogP contribution is 2.34. The van der Waals surface area contributed by atoms with E-state index in [1.165, 1.54) is 24.2 Å². The van der Waals surface area contributed by atoms with Gasteiger partial charge in [0.25, 0.3) is 10.0 Å². The van der Waals surface area contributed by atoms with Gasteiger partial charge in [-0.25, -0.2) is 8.42 Å². The second-order valence-corrected chi connectivity index (χ2v) is 13.6. The molecule has 2 aromatic rings. The molecule has 1 heterocycles. The summed E-state index contributed by atoms with van der Waals surface area (Å²) >= 11 is 7.03. The van der Waals surface area contributed by atoms with E-state index in [4.69, 9.17) is 16.7 Å². The number of fused-ring (bicyclic) bond motifs is 1. The molecule has 1 aromatic carbocycles. The number of halogens is 1. The standard InChI is InChI=1S/C24H33ClN2O5S2/c1-24(2,13-16-10-17-6-4-5-7-18(17)11-16)26-14-20(28)15-27(3)34(31,32)22-12-19(23(25)33-22)8-9-21(29)30/h4-7,12,16,20,26,28H,8-11,13-15H2,1-3H3,(H,29,30). The molecule has 1 atom stereocenters. The van der Waals surface area contributed by atoms with Gasteiger partial charge in [0.15, 0.2) is 0 Å². The van der Waals surface area contributed by atoms with Crippen LogP contribution in [0.4, 0.5) is 0 Å². The molecule has 0 radical (unpaired) electrons. The van der Waals surface area contributed by atoms with Crippen LogP contribution in [0, 0.1) is 5.92 Å². The van der Waals surface area contributed by atoms with Gasteiger partial charge < -0.3 is 15.5 Å². The van der Waals surface area contributed by atoms with Crippen molar-refractivity contribution < 1.29 is 23.4 Å². The van der Waals surface area contributed by atoms with Gasteiger partial charge in [0.2, 0.25) is 0 Å². The Morgan fingerprint density at radius 3 is 2.50 bits per heavy atom. The lowest BCUT2D eigenvalue weighted by Crippen LogP contribution is -2.47. The molecule has 1 aromatic heterocycles. The van der Waals surface area contributed by atoms with Gasteiger partial charge >= 0.3 is 5.97 Å². The topological polar surface area (TPSA) is 107 Å². The highest BCUT2D eigenvalue weighted by atomic mass is 35.5. The lowest BCUT2D eigenvalue weighted by molar-refractivity contribution is -0.136. The summed E-state index contributed by atoms with van der Waals surface area (Å²) in [6.07, 6.45) is 2.22. The van der Waals surface area contributed by atoms with Gasteiger partial charge in [0.1, 0.15) is 4.21 Å². The van der Waals surface area contributed by atoms with Crippen molar-refractivity contribution >= 4 is 38.9 Å². The van der Waals surface area contributed by atoms with Crippen LogP contribution in [0.25, 0.3) is 0 Å². The van der Waals surface area contributed by atoms with E-state index >= 15 is 0 Å². The third-order valence-corrected chi connectivity index (χ3v) is 9.94. The molecule has 3 N–H and O–H groups in total. The molecule has 3 rings (SSSR count). The number of aliphatic hydroxyl groups is 1. The number of carboxylic acid groups (broad SMARTS) is 1. The predicted octanol–water partition coefficient (Wildman–Crippen LogP) is 3.57. The average Bonchev–Trinajstić information content (AvgIpc) is 3.33. The summed E-state index contributed by atoms with van der Waals surface area (Å²) in [5, 5.41) is 22.8. The molecule has 0 spiro atoms. The largest absolute Gasteiger partial charge is 0.481 e. The molecule has 0 saturated heterocycles. The molecule has 1 aliphatic rings. The van der Waals surface area contributed by atoms with Crippen molar-refractivity contribution in [3.05, 3.63) is 51.4 Å². The molecule has 34 heavy (non-hydrogen) atoms. The number of aryl methyl sites for hydroxylation is 1. The van der Waals surface area contributed by atoms with Crippen molar-refractivity contribution in [2.75, 3.05) is 20.1 Å². The van der Waals surface area contributed by atoms with Crippen molar-refractivity contribution in [2.24, 2.45) is 5.92 Å². The van der Waals surface area contributed by atoms with Crippen LogP contribution in [0.5, 0.6) is 0 Å². The summed E-state index contributed by atoms with van der Waals surface area (Å²) in [4.78, 5) is 10.8. The minimum Gasteiger partial charge on any atom is -0.481 e. The van der Waals surface area contributed by atoms with Crippen LogP contribution >= 0.6 is 22.9 Å². The number of nitrogens with one attached hydrogen (secondary N) is 1. The van der Waals surface area contributed by atoms with E-state index in [1.807, 2.05) is 0 Å². The zero-order valence-electron chi connectivity index (χ0n) is 19.8. The Balaban J connectivity index is 1.51. The number of thiophene rings is 1. The number of nitrogens with zero attached hydrogens (tertiary/aromatic N) is 1. The van der Waals surface area contributed by atoms with E-state index in [1.54, 1.807) is 0 Å². The first kappa shape index (κ1) is 27.1. The van der Waals surface area contributed by atoms with Crippen LogP contribution in [-0.2, 0) is 34.1 Å². The van der Waals surface area contributed by atoms with Crippen LogP contribution in [0.3, 0.4) is 0 Å². The number of rotatable bonds is 12. The minimum atomic E-state index is -3.85. The SMILES string of the molecule is CN(CC(O)CNC(C)(C)CC1Cc2ccccc2C1)S(=O)(=O)c1cc(CCC(=O)O)c(Cl)s1. The third-order valence-electron chi connectivity index (χ3n) is 6.23. The summed E-state index contributed by atoms with van der Waals surface area (Å²) in [6.45, 7) is 4.41. The van der Waals surface area contributed by atoms with Gasteiger partial charge in [0.05, 0.1) is 10.4 Å². The first-order valence-electron chi connectivity index (χ1n) is 11.3. The number of hydrogen-bond acceptors (Lipinski definition) is 6. The van der Waals surface area contributed by atoms with Gasteiger partial charge in [-0.15, -0.1) is 11.3 Å². The molecule has 0 aliphatic heterocycles. The number of carboxylic acids is 1. The average molecular weight is 529 g/mol. The molecule has 0 amide bonds. The van der Waals surface area contributed by atoms with Crippen molar-refractivity contribution in [1.29, 1.82) is 0 Å². The van der Waals surface area contributed by atoms with Crippen LogP contribution in [0.2, 0.25) is 4.34 Å². The van der Waals surface area contributed by atoms with Crippen molar-refractivity contribution in [3.63, 3.8) is 0 Å². The zero-order valence-corrected chi connectivity index (χ0v) is 22.1. The normalized spacial score (nSPS) is 15.6. The fraction of sp³-hybridized carbons (Fsp3) is 0.542. The highest BCUT2D eigenvalue weighted by Gasteiger charge is 2.30. The predicted molar refractivity (Wildman–Crippen MR) is 135 cm³/mol. The number of sulfonamides is 1. The van der Waals surface area contributed by atoms with Gasteiger partial charge in [-0.2, -0.15) is 4.31 Å². The lowest BCUT2D eigenvalue weighted by atomic mass is 9.88. The molecule has 0 bridgehead atoms. The van der Waals surface area contributed by atoms with Gasteiger partial charge in [-0.3, -0.25) is 4.79 Å². The van der Waals surface area contributed by atoms with Crippen LogP contribution < -0.4 is 5.32 Å². The molecule has 188 valence electrons. The molecule has 0 fully saturated rings. The Bertz CT molecular complexity index is 1090. The molecule has 1 unspecified atom stereocenters. The number of aliphatic carboxylic acids is 1. The number of benzene rings is 1. The molecule has 7 nitrogen and oxygen atoms in total. The minimum absolute atomic E-state index is 0.0432. The van der Waals surface area contributed by atoms with Gasteiger partial charge in [0, 0.05) is 32.1 Å². The van der Waals surface area contributed by atoms with Crippen molar-refractivity contribution in [3.8, 4) is 0 Å². The van der Waals surface area contributed by atoms with Crippen molar-refractivity contribution in [2.45, 2.75) is 61.8 Å². The molecule has 1 aliphatic carbocycles. The van der Waals surface area contributed by atoms with E-state index in [0.717, 1.165) is 34.9 Å². The first-order chi connectivity index (χ1) is 15.9. The van der Waals surface area contributed by atoms with E-state index in [-0.39, 0.29) is 40.0 Å². The molecular weight excluding hydrogens is 496 g/mol. The summed E-state index contributed by atoms with van der Waals surface area (Å²) in [5.74, 6) is -0.432. The smallest absolute Gasteiger partial charge is 0.303 e. The number of β-amino-alcohol motifs (C(OH)–C–C–N with tert-alkyl or cyclic N) is 1. The Hall–Kier alpha value is -1.49. The van der Waals surface area contributed by atoms with Crippen LogP contribution in [0.15, 0.2) is 34.5 Å². The van der Waals surface area contributed by atoms with Gasteiger partial charge in [-0.1, -0.05) is 35.9 Å². The van der Waals surface area contributed by atoms with Crippen LogP contribution in [-0.4, -0.2) is 60.7 Å². The van der Waals surface area contributed by atoms with Crippen molar-refractivity contribution in [1.82, 2.24) is 9.62 Å². The maximum atomic E-state index is 12.9. The number of likely N-dealkylation sites (N-methyl/N-ethyl adjacent to an activating group) is 1. The zero-order chi connectivity index (χ0) is 25.1. The van der Waals surface area contributed by atoms with Crippen LogP contribution in [0.1, 0.15) is 43.4 Å². The number of carbonyl (C=O) groups is 1. The Kier molecular flexibility index (Phi) is 8.81. The quantitative estimate of drug-likeness (QED) is 0.389. The summed E-state index contributed by atoms with van der Waals surface area (Å²) in [6, 6.07) is 9.95. The summed E-state index contributed by atoms with van der Waals surface area (Å²) < 4.78 is 27.3. The number of aliphatic hydroxyl groups excluding tert-OH is 1. The molecular formula is C24H33ClN2O5S2. The first-order valence-corrected chi connectivity index (χ1v) is 14.0. The fourth-order valence-corrected chi connectivity index (χ4v) is 7.74. The van der Waals surface area contributed by atoms with E-state index < -0.39 is 22.1 Å².